The molecule has 7 aromatic rings. The predicted octanol–water partition coefficient (Wildman–Crippen LogP) is 16.5. The Hall–Kier alpha value is -5.80. The summed E-state index contributed by atoms with van der Waals surface area (Å²) in [6.07, 6.45) is 2.33. The van der Waals surface area contributed by atoms with Gasteiger partial charge in [-0.05, 0) is 167 Å². The van der Waals surface area contributed by atoms with Crippen molar-refractivity contribution in [3.05, 3.63) is 173 Å². The molecule has 0 saturated heterocycles. The van der Waals surface area contributed by atoms with Gasteiger partial charge in [-0.15, -0.1) is 0 Å². The van der Waals surface area contributed by atoms with Crippen LogP contribution in [0.2, 0.25) is 0 Å². The summed E-state index contributed by atoms with van der Waals surface area (Å²) in [6, 6.07) is 54.8. The SMILES string of the molecule is CC(C)c1cc2c3c(c1)N(c1ccc(C(C)(C)C)cc1-c1cccc(-c4ccccc4)c1)c1cc4c(cc1B3c1ccc(C(C)(C)C)cc1N2c1cccc(C(C)(C)C)c1)C(C)(C)CCC4(C)C. The molecule has 2 nitrogen and oxygen atoms in total. The lowest BCUT2D eigenvalue weighted by Gasteiger charge is -2.48. The Balaban J connectivity index is 1.36. The molecule has 2 aliphatic heterocycles. The Morgan fingerprint density at radius 2 is 0.985 bits per heavy atom. The molecule has 7 aromatic carbocycles. The number of fused-ring (bicyclic) bond motifs is 5. The molecule has 2 heterocycles. The van der Waals surface area contributed by atoms with Gasteiger partial charge in [-0.1, -0.05) is 189 Å². The number of hydrogen-bond acceptors (Lipinski definition) is 2. The van der Waals surface area contributed by atoms with E-state index >= 15 is 0 Å². The number of nitrogens with zero attached hydrogens (tertiary/aromatic N) is 2. The minimum Gasteiger partial charge on any atom is -0.311 e. The molecule has 0 unspecified atom stereocenters. The lowest BCUT2D eigenvalue weighted by molar-refractivity contribution is 0.332. The minimum atomic E-state index is -0.0433. The zero-order chi connectivity index (χ0) is 48.5. The monoisotopic (exact) mass is 893 g/mol. The Bertz CT molecular complexity index is 3110. The van der Waals surface area contributed by atoms with E-state index in [-0.39, 0.29) is 33.8 Å². The van der Waals surface area contributed by atoms with Crippen LogP contribution in [0.15, 0.2) is 140 Å². The van der Waals surface area contributed by atoms with Crippen molar-refractivity contribution >= 4 is 57.2 Å². The highest BCUT2D eigenvalue weighted by Gasteiger charge is 2.47. The van der Waals surface area contributed by atoms with Gasteiger partial charge in [0, 0.05) is 34.0 Å². The van der Waals surface area contributed by atoms with Gasteiger partial charge in [-0.25, -0.2) is 0 Å². The summed E-state index contributed by atoms with van der Waals surface area (Å²) in [5.41, 5.74) is 25.0. The second kappa shape index (κ2) is 15.9. The third-order valence-corrected chi connectivity index (χ3v) is 16.0. The molecule has 0 bridgehead atoms. The maximum absolute atomic E-state index is 2.71. The van der Waals surface area contributed by atoms with Crippen LogP contribution in [0.25, 0.3) is 22.3 Å². The van der Waals surface area contributed by atoms with E-state index in [0.29, 0.717) is 5.92 Å². The van der Waals surface area contributed by atoms with Crippen LogP contribution in [0.4, 0.5) is 34.1 Å². The van der Waals surface area contributed by atoms with Gasteiger partial charge in [0.15, 0.2) is 0 Å². The maximum atomic E-state index is 2.71. The third-order valence-electron chi connectivity index (χ3n) is 16.0. The predicted molar refractivity (Wildman–Crippen MR) is 297 cm³/mol. The molecule has 0 fully saturated rings. The smallest absolute Gasteiger partial charge is 0.252 e. The lowest BCUT2D eigenvalue weighted by atomic mass is 9.33. The average molecular weight is 893 g/mol. The van der Waals surface area contributed by atoms with Crippen molar-refractivity contribution in [2.75, 3.05) is 9.80 Å². The van der Waals surface area contributed by atoms with Crippen LogP contribution >= 0.6 is 0 Å². The molecule has 0 N–H and O–H groups in total. The Morgan fingerprint density at radius 1 is 0.441 bits per heavy atom. The molecule has 3 aliphatic rings. The van der Waals surface area contributed by atoms with Crippen LogP contribution in [-0.4, -0.2) is 6.71 Å². The quantitative estimate of drug-likeness (QED) is 0.159. The summed E-state index contributed by atoms with van der Waals surface area (Å²) in [5.74, 6) is 0.303. The van der Waals surface area contributed by atoms with Gasteiger partial charge < -0.3 is 9.80 Å². The number of hydrogen-bond donors (Lipinski definition) is 0. The van der Waals surface area contributed by atoms with Crippen LogP contribution in [0.1, 0.15) is 156 Å². The van der Waals surface area contributed by atoms with Crippen molar-refractivity contribution in [1.29, 1.82) is 0 Å². The fourth-order valence-corrected chi connectivity index (χ4v) is 11.4. The van der Waals surface area contributed by atoms with E-state index in [9.17, 15) is 0 Å². The average Bonchev–Trinajstić information content (AvgIpc) is 3.29. The summed E-state index contributed by atoms with van der Waals surface area (Å²) >= 11 is 0. The molecule has 3 heteroatoms. The topological polar surface area (TPSA) is 6.48 Å². The van der Waals surface area contributed by atoms with Crippen molar-refractivity contribution in [3.63, 3.8) is 0 Å². The van der Waals surface area contributed by atoms with E-state index in [1.165, 1.54) is 113 Å². The summed E-state index contributed by atoms with van der Waals surface area (Å²) in [7, 11) is 0. The van der Waals surface area contributed by atoms with Crippen molar-refractivity contribution in [2.24, 2.45) is 0 Å². The maximum Gasteiger partial charge on any atom is 0.252 e. The van der Waals surface area contributed by atoms with Crippen LogP contribution in [0.3, 0.4) is 0 Å². The van der Waals surface area contributed by atoms with E-state index in [1.54, 1.807) is 0 Å². The highest BCUT2D eigenvalue weighted by molar-refractivity contribution is 7.00. The summed E-state index contributed by atoms with van der Waals surface area (Å²) < 4.78 is 0. The van der Waals surface area contributed by atoms with Gasteiger partial charge >= 0.3 is 0 Å². The van der Waals surface area contributed by atoms with E-state index in [2.05, 4.69) is 253 Å². The molecule has 0 saturated carbocycles. The molecule has 0 aromatic heterocycles. The van der Waals surface area contributed by atoms with E-state index in [1.807, 2.05) is 0 Å². The van der Waals surface area contributed by atoms with Gasteiger partial charge in [-0.3, -0.25) is 0 Å². The van der Waals surface area contributed by atoms with Crippen LogP contribution in [-0.2, 0) is 27.1 Å². The molecule has 0 spiro atoms. The van der Waals surface area contributed by atoms with Crippen LogP contribution in [0, 0.1) is 0 Å². The van der Waals surface area contributed by atoms with Crippen LogP contribution < -0.4 is 26.2 Å². The minimum absolute atomic E-state index is 0.00747. The van der Waals surface area contributed by atoms with E-state index < -0.39 is 0 Å². The summed E-state index contributed by atoms with van der Waals surface area (Å²) in [6.45, 7) is 35.8. The molecule has 0 radical (unpaired) electrons. The van der Waals surface area contributed by atoms with E-state index in [0.717, 1.165) is 6.42 Å². The van der Waals surface area contributed by atoms with Crippen molar-refractivity contribution < 1.29 is 0 Å². The fraction of sp³-hybridized carbons (Fsp3) is 0.354. The first-order valence-electron chi connectivity index (χ1n) is 25.4. The molecular formula is C65H73BN2. The molecule has 68 heavy (non-hydrogen) atoms. The molecular weight excluding hydrogens is 820 g/mol. The van der Waals surface area contributed by atoms with Gasteiger partial charge in [0.25, 0.3) is 6.71 Å². The number of anilines is 6. The second-order valence-corrected chi connectivity index (χ2v) is 25.2. The van der Waals surface area contributed by atoms with Gasteiger partial charge in [0.05, 0.1) is 5.69 Å². The molecule has 346 valence electrons. The van der Waals surface area contributed by atoms with Crippen molar-refractivity contribution in [1.82, 2.24) is 0 Å². The summed E-state index contributed by atoms with van der Waals surface area (Å²) in [4.78, 5) is 5.35. The van der Waals surface area contributed by atoms with Gasteiger partial charge in [0.1, 0.15) is 0 Å². The fourth-order valence-electron chi connectivity index (χ4n) is 11.4. The molecule has 10 rings (SSSR count). The lowest BCUT2D eigenvalue weighted by Crippen LogP contribution is -2.62. The highest BCUT2D eigenvalue weighted by Crippen LogP contribution is 2.53. The molecule has 0 atom stereocenters. The first-order chi connectivity index (χ1) is 31.9. The first kappa shape index (κ1) is 46.0. The standard InChI is InChI=1S/C65H73BN2/c1-41(2)45-34-58-60-59(35-45)68(55-30-28-47(62(6,7)8)37-50(55)44-24-19-23-43(33-44)42-21-17-16-18-22-42)57-40-52-51(64(12,13)31-32-65(52,14)15)39-54(57)66(60)53-29-27-48(63(9,10)11)38-56(53)67(58)49-26-20-25-46(36-49)61(3,4)5/h16-30,33-41H,31-32H2,1-15H3. The van der Waals surface area contributed by atoms with Crippen LogP contribution in [0.5, 0.6) is 0 Å². The zero-order valence-corrected chi connectivity index (χ0v) is 43.7. The first-order valence-corrected chi connectivity index (χ1v) is 25.4. The van der Waals surface area contributed by atoms with E-state index in [4.69, 9.17) is 0 Å². The third kappa shape index (κ3) is 7.73. The number of benzene rings is 7. The van der Waals surface area contributed by atoms with Crippen molar-refractivity contribution in [2.45, 2.75) is 150 Å². The largest absolute Gasteiger partial charge is 0.311 e. The normalized spacial score (nSPS) is 16.0. The van der Waals surface area contributed by atoms with Gasteiger partial charge in [-0.2, -0.15) is 0 Å². The highest BCUT2D eigenvalue weighted by atomic mass is 15.2. The second-order valence-electron chi connectivity index (χ2n) is 25.2. The Morgan fingerprint density at radius 3 is 1.63 bits per heavy atom. The zero-order valence-electron chi connectivity index (χ0n) is 43.7. The molecule has 1 aliphatic carbocycles. The molecule has 0 amide bonds. The number of rotatable bonds is 5. The Kier molecular flexibility index (Phi) is 10.7. The van der Waals surface area contributed by atoms with Crippen molar-refractivity contribution in [3.8, 4) is 22.3 Å². The van der Waals surface area contributed by atoms with Gasteiger partial charge in [0.2, 0.25) is 0 Å². The Labute approximate surface area is 409 Å². The summed E-state index contributed by atoms with van der Waals surface area (Å²) in [5, 5.41) is 0.